The third-order valence-electron chi connectivity index (χ3n) is 6.39. The smallest absolute Gasteiger partial charge is 0.307 e. The van der Waals surface area contributed by atoms with E-state index in [2.05, 4.69) is 42.8 Å². The quantitative estimate of drug-likeness (QED) is 0.793. The molecule has 152 valence electrons. The minimum atomic E-state index is -0.818. The van der Waals surface area contributed by atoms with Crippen LogP contribution in [0.1, 0.15) is 79.7 Å². The number of carboxylic acid groups (broad SMARTS) is 1. The van der Waals surface area contributed by atoms with Gasteiger partial charge in [0.25, 0.3) is 5.91 Å². The highest BCUT2D eigenvalue weighted by molar-refractivity contribution is 7.04. The second kappa shape index (κ2) is 7.53. The van der Waals surface area contributed by atoms with Crippen molar-refractivity contribution in [2.45, 2.75) is 86.1 Å². The van der Waals surface area contributed by atoms with Crippen molar-refractivity contribution < 1.29 is 14.7 Å². The molecule has 1 aromatic rings. The molecule has 27 heavy (non-hydrogen) atoms. The Morgan fingerprint density at radius 2 is 1.96 bits per heavy atom. The molecule has 1 saturated carbocycles. The standard InChI is InChI=1S/C21H34N2O3S/c1-8-9-10-14-13-23(19(2,3)4)27-16(14)22-18(26)21(7)12-11-15(17(24)25)20(21,5)6/h13,15H,8-12H2,1-7H3,(H,24,25)/t15-,21+/m1/s1. The van der Waals surface area contributed by atoms with E-state index in [1.165, 1.54) is 11.5 Å². The first-order chi connectivity index (χ1) is 12.3. The Morgan fingerprint density at radius 1 is 1.33 bits per heavy atom. The van der Waals surface area contributed by atoms with Crippen LogP contribution in [0.15, 0.2) is 11.2 Å². The normalized spacial score (nSPS) is 25.7. The van der Waals surface area contributed by atoms with Gasteiger partial charge in [0.05, 0.1) is 11.3 Å². The van der Waals surface area contributed by atoms with Gasteiger partial charge in [0, 0.05) is 17.3 Å². The summed E-state index contributed by atoms with van der Waals surface area (Å²) in [6.07, 6.45) is 6.25. The number of unbranched alkanes of at least 4 members (excludes halogenated alkanes) is 1. The summed E-state index contributed by atoms with van der Waals surface area (Å²) in [5.74, 6) is -1.51. The summed E-state index contributed by atoms with van der Waals surface area (Å²) < 4.78 is 2.94. The zero-order valence-corrected chi connectivity index (χ0v) is 18.6. The van der Waals surface area contributed by atoms with E-state index in [0.717, 1.165) is 29.5 Å². The lowest BCUT2D eigenvalue weighted by Crippen LogP contribution is -2.42. The van der Waals surface area contributed by atoms with Crippen LogP contribution in [-0.2, 0) is 21.5 Å². The molecule has 0 aliphatic heterocycles. The van der Waals surface area contributed by atoms with Crippen LogP contribution in [0.3, 0.4) is 0 Å². The first-order valence-corrected chi connectivity index (χ1v) is 10.7. The van der Waals surface area contributed by atoms with Gasteiger partial charge in [-0.15, -0.1) is 0 Å². The molecule has 1 aliphatic carbocycles. The highest BCUT2D eigenvalue weighted by atomic mass is 32.1. The molecule has 1 aliphatic rings. The van der Waals surface area contributed by atoms with Crippen molar-refractivity contribution in [3.8, 4) is 0 Å². The summed E-state index contributed by atoms with van der Waals surface area (Å²) in [6, 6.07) is 0. The largest absolute Gasteiger partial charge is 0.481 e. The molecule has 1 fully saturated rings. The van der Waals surface area contributed by atoms with Crippen LogP contribution >= 0.6 is 11.5 Å². The van der Waals surface area contributed by atoms with Gasteiger partial charge in [0.2, 0.25) is 0 Å². The predicted octanol–water partition coefficient (Wildman–Crippen LogP) is 4.60. The van der Waals surface area contributed by atoms with Crippen molar-refractivity contribution >= 4 is 23.4 Å². The molecule has 2 atom stereocenters. The van der Waals surface area contributed by atoms with E-state index in [1.54, 1.807) is 0 Å². The number of aryl methyl sites for hydroxylation is 1. The molecule has 1 N–H and O–H groups in total. The number of aromatic nitrogens is 1. The molecule has 6 heteroatoms. The molecule has 0 aromatic carbocycles. The zero-order valence-electron chi connectivity index (χ0n) is 17.8. The maximum atomic E-state index is 13.2. The first kappa shape index (κ1) is 21.9. The lowest BCUT2D eigenvalue weighted by Gasteiger charge is -2.37. The Bertz CT molecular complexity index is 782. The minimum absolute atomic E-state index is 0.0621. The van der Waals surface area contributed by atoms with E-state index in [0.29, 0.717) is 12.8 Å². The molecule has 0 radical (unpaired) electrons. The van der Waals surface area contributed by atoms with Crippen LogP contribution in [0.4, 0.5) is 0 Å². The average Bonchev–Trinajstić information content (AvgIpc) is 3.05. The number of amides is 1. The van der Waals surface area contributed by atoms with Crippen LogP contribution in [0.5, 0.6) is 0 Å². The summed E-state index contributed by atoms with van der Waals surface area (Å²) in [5, 5.41) is 9.54. The predicted molar refractivity (Wildman–Crippen MR) is 109 cm³/mol. The molecule has 0 bridgehead atoms. The number of rotatable bonds is 5. The lowest BCUT2D eigenvalue weighted by molar-refractivity contribution is -0.148. The van der Waals surface area contributed by atoms with E-state index in [-0.39, 0.29) is 11.4 Å². The Labute approximate surface area is 166 Å². The van der Waals surface area contributed by atoms with Crippen molar-refractivity contribution in [1.29, 1.82) is 0 Å². The van der Waals surface area contributed by atoms with E-state index < -0.39 is 22.7 Å². The fourth-order valence-electron chi connectivity index (χ4n) is 3.87. The number of nitrogens with zero attached hydrogens (tertiary/aromatic N) is 2. The average molecular weight is 395 g/mol. The highest BCUT2D eigenvalue weighted by Crippen LogP contribution is 2.56. The summed E-state index contributed by atoms with van der Waals surface area (Å²) in [7, 11) is 0. The third-order valence-corrected chi connectivity index (χ3v) is 7.77. The molecule has 0 saturated heterocycles. The van der Waals surface area contributed by atoms with Crippen molar-refractivity contribution in [2.24, 2.45) is 21.7 Å². The molecule has 1 amide bonds. The molecule has 0 spiro atoms. The van der Waals surface area contributed by atoms with Gasteiger partial charge in [0.1, 0.15) is 4.67 Å². The van der Waals surface area contributed by atoms with E-state index in [9.17, 15) is 14.7 Å². The van der Waals surface area contributed by atoms with Gasteiger partial charge in [0.15, 0.2) is 0 Å². The van der Waals surface area contributed by atoms with Gasteiger partial charge < -0.3 is 5.11 Å². The van der Waals surface area contributed by atoms with Crippen molar-refractivity contribution in [1.82, 2.24) is 3.96 Å². The van der Waals surface area contributed by atoms with Gasteiger partial charge >= 0.3 is 5.97 Å². The molecular formula is C21H34N2O3S. The first-order valence-electron chi connectivity index (χ1n) is 9.89. The monoisotopic (exact) mass is 394 g/mol. The second-order valence-corrected chi connectivity index (χ2v) is 10.5. The Kier molecular flexibility index (Phi) is 6.10. The maximum absolute atomic E-state index is 13.2. The molecule has 1 aromatic heterocycles. The van der Waals surface area contributed by atoms with E-state index in [4.69, 9.17) is 0 Å². The fourth-order valence-corrected chi connectivity index (χ4v) is 4.90. The van der Waals surface area contributed by atoms with E-state index >= 15 is 0 Å². The molecular weight excluding hydrogens is 360 g/mol. The van der Waals surface area contributed by atoms with E-state index in [1.807, 2.05) is 20.8 Å². The van der Waals surface area contributed by atoms with Crippen LogP contribution in [0, 0.1) is 16.7 Å². The molecule has 5 nitrogen and oxygen atoms in total. The topological polar surface area (TPSA) is 71.7 Å². The Hall–Kier alpha value is -1.43. The van der Waals surface area contributed by atoms with Crippen molar-refractivity contribution in [3.63, 3.8) is 0 Å². The minimum Gasteiger partial charge on any atom is -0.481 e. The number of hydrogen-bond acceptors (Lipinski definition) is 3. The molecule has 2 rings (SSSR count). The van der Waals surface area contributed by atoms with Crippen molar-refractivity contribution in [2.75, 3.05) is 0 Å². The number of carbonyl (C=O) groups is 2. The second-order valence-electron chi connectivity index (χ2n) is 9.55. The Morgan fingerprint density at radius 3 is 2.44 bits per heavy atom. The fraction of sp³-hybridized carbons (Fsp3) is 0.762. The Balaban J connectivity index is 2.47. The third kappa shape index (κ3) is 4.05. The van der Waals surface area contributed by atoms with Gasteiger partial charge in [-0.3, -0.25) is 13.5 Å². The highest BCUT2D eigenvalue weighted by Gasteiger charge is 2.58. The summed E-state index contributed by atoms with van der Waals surface area (Å²) in [4.78, 5) is 29.4. The zero-order chi connectivity index (χ0) is 20.6. The molecule has 0 unspecified atom stereocenters. The molecule has 1 heterocycles. The van der Waals surface area contributed by atoms with Gasteiger partial charge in [-0.05, 0) is 63.4 Å². The number of aliphatic carboxylic acids is 1. The van der Waals surface area contributed by atoms with Gasteiger partial charge in [-0.25, -0.2) is 4.99 Å². The maximum Gasteiger partial charge on any atom is 0.307 e. The van der Waals surface area contributed by atoms with Crippen LogP contribution in [-0.4, -0.2) is 20.9 Å². The van der Waals surface area contributed by atoms with Crippen LogP contribution in [0.25, 0.3) is 0 Å². The SMILES string of the molecule is CCCCc1cn(C(C)(C)C)sc1=NC(=O)[C@]1(C)CC[C@H](C(=O)O)C1(C)C. The van der Waals surface area contributed by atoms with Crippen LogP contribution < -0.4 is 4.67 Å². The van der Waals surface area contributed by atoms with Crippen LogP contribution in [0.2, 0.25) is 0 Å². The van der Waals surface area contributed by atoms with Gasteiger partial charge in [-0.2, -0.15) is 0 Å². The summed E-state index contributed by atoms with van der Waals surface area (Å²) in [6.45, 7) is 14.2. The number of hydrogen-bond donors (Lipinski definition) is 1. The summed E-state index contributed by atoms with van der Waals surface area (Å²) >= 11 is 1.52. The number of carboxylic acids is 1. The van der Waals surface area contributed by atoms with Crippen molar-refractivity contribution in [3.05, 3.63) is 16.4 Å². The van der Waals surface area contributed by atoms with Gasteiger partial charge in [-0.1, -0.05) is 34.1 Å². The lowest BCUT2D eigenvalue weighted by atomic mass is 9.65. The number of carbonyl (C=O) groups excluding carboxylic acids is 1. The summed E-state index contributed by atoms with van der Waals surface area (Å²) in [5.41, 5.74) is -0.332.